The molecule has 0 atom stereocenters. The Morgan fingerprint density at radius 1 is 1.27 bits per heavy atom. The summed E-state index contributed by atoms with van der Waals surface area (Å²) in [6.45, 7) is 0. The van der Waals surface area contributed by atoms with Gasteiger partial charge in [0, 0.05) is 12.3 Å². The fourth-order valence-electron chi connectivity index (χ4n) is 3.17. The summed E-state index contributed by atoms with van der Waals surface area (Å²) in [4.78, 5) is 23.5. The van der Waals surface area contributed by atoms with Crippen molar-refractivity contribution in [3.8, 4) is 5.69 Å². The third-order valence-electron chi connectivity index (χ3n) is 4.41. The summed E-state index contributed by atoms with van der Waals surface area (Å²) in [5, 5.41) is 13.8. The van der Waals surface area contributed by atoms with Crippen LogP contribution in [0, 0.1) is 0 Å². The van der Waals surface area contributed by atoms with Gasteiger partial charge in [-0.2, -0.15) is 5.10 Å². The summed E-state index contributed by atoms with van der Waals surface area (Å²) >= 11 is 0. The number of aromatic carboxylic acids is 1. The number of aromatic nitrogens is 2. The number of benzene rings is 1. The van der Waals surface area contributed by atoms with E-state index in [-0.39, 0.29) is 11.3 Å². The number of fused-ring (bicyclic) bond motifs is 1. The third-order valence-corrected chi connectivity index (χ3v) is 4.41. The van der Waals surface area contributed by atoms with E-state index in [2.05, 4.69) is 5.10 Å². The fourth-order valence-corrected chi connectivity index (χ4v) is 3.17. The van der Waals surface area contributed by atoms with Crippen LogP contribution >= 0.6 is 0 Å². The Morgan fingerprint density at radius 3 is 2.82 bits per heavy atom. The number of ketones is 1. The average Bonchev–Trinajstić information content (AvgIpc) is 3.28. The zero-order valence-electron chi connectivity index (χ0n) is 12.1. The van der Waals surface area contributed by atoms with E-state index in [1.807, 2.05) is 6.07 Å². The summed E-state index contributed by atoms with van der Waals surface area (Å²) in [5.41, 5.74) is 3.62. The topological polar surface area (TPSA) is 72.2 Å². The number of carbonyl (C=O) groups excluding carboxylic acids is 1. The van der Waals surface area contributed by atoms with E-state index < -0.39 is 5.97 Å². The predicted molar refractivity (Wildman–Crippen MR) is 79.8 cm³/mol. The van der Waals surface area contributed by atoms with Crippen molar-refractivity contribution in [1.29, 1.82) is 0 Å². The van der Waals surface area contributed by atoms with Crippen LogP contribution in [0.1, 0.15) is 63.7 Å². The molecule has 2 aromatic rings. The van der Waals surface area contributed by atoms with E-state index in [9.17, 15) is 9.59 Å². The lowest BCUT2D eigenvalue weighted by Crippen LogP contribution is -2.13. The Morgan fingerprint density at radius 2 is 2.09 bits per heavy atom. The SMILES string of the molecule is O=C(O)c1cccc(-n2nc(C3CC3)c3c2CCCC3=O)c1. The molecule has 5 heteroatoms. The van der Waals surface area contributed by atoms with Crippen molar-refractivity contribution in [3.05, 3.63) is 46.8 Å². The van der Waals surface area contributed by atoms with Crippen molar-refractivity contribution in [3.63, 3.8) is 0 Å². The van der Waals surface area contributed by atoms with Gasteiger partial charge in [0.1, 0.15) is 0 Å². The van der Waals surface area contributed by atoms with E-state index in [4.69, 9.17) is 5.11 Å². The van der Waals surface area contributed by atoms with Crippen LogP contribution in [0.15, 0.2) is 24.3 Å². The van der Waals surface area contributed by atoms with Gasteiger partial charge in [-0.15, -0.1) is 0 Å². The van der Waals surface area contributed by atoms with Crippen LogP contribution in [0.5, 0.6) is 0 Å². The van der Waals surface area contributed by atoms with Crippen molar-refractivity contribution in [2.24, 2.45) is 0 Å². The number of hydrogen-bond donors (Lipinski definition) is 1. The number of carboxylic acid groups (broad SMARTS) is 1. The monoisotopic (exact) mass is 296 g/mol. The first kappa shape index (κ1) is 13.2. The van der Waals surface area contributed by atoms with Crippen LogP contribution in [0.2, 0.25) is 0 Å². The van der Waals surface area contributed by atoms with Crippen LogP contribution in [0.4, 0.5) is 0 Å². The third kappa shape index (κ3) is 2.04. The number of carbonyl (C=O) groups is 2. The molecule has 0 spiro atoms. The number of hydrogen-bond acceptors (Lipinski definition) is 3. The molecule has 1 saturated carbocycles. The molecular weight excluding hydrogens is 280 g/mol. The zero-order valence-corrected chi connectivity index (χ0v) is 12.1. The molecule has 0 amide bonds. The van der Waals surface area contributed by atoms with Gasteiger partial charge in [0.15, 0.2) is 5.78 Å². The highest BCUT2D eigenvalue weighted by Gasteiger charge is 2.35. The van der Waals surface area contributed by atoms with Gasteiger partial charge >= 0.3 is 5.97 Å². The maximum atomic E-state index is 12.3. The number of Topliss-reactive ketones (excluding diaryl/α,β-unsaturated/α-hetero) is 1. The Hall–Kier alpha value is -2.43. The minimum Gasteiger partial charge on any atom is -0.478 e. The van der Waals surface area contributed by atoms with E-state index in [1.165, 1.54) is 0 Å². The van der Waals surface area contributed by atoms with Gasteiger partial charge < -0.3 is 5.11 Å². The molecule has 1 N–H and O–H groups in total. The molecule has 0 radical (unpaired) electrons. The van der Waals surface area contributed by atoms with E-state index in [0.717, 1.165) is 48.3 Å². The zero-order chi connectivity index (χ0) is 15.3. The molecule has 1 aromatic carbocycles. The van der Waals surface area contributed by atoms with Gasteiger partial charge in [0.25, 0.3) is 0 Å². The molecule has 0 bridgehead atoms. The van der Waals surface area contributed by atoms with Crippen molar-refractivity contribution in [1.82, 2.24) is 9.78 Å². The summed E-state index contributed by atoms with van der Waals surface area (Å²) in [6.07, 6.45) is 4.42. The van der Waals surface area contributed by atoms with Crippen LogP contribution in [0.25, 0.3) is 5.69 Å². The van der Waals surface area contributed by atoms with E-state index in [1.54, 1.807) is 22.9 Å². The molecule has 0 saturated heterocycles. The Kier molecular flexibility index (Phi) is 2.89. The molecule has 1 aromatic heterocycles. The molecule has 1 fully saturated rings. The normalized spacial score (nSPS) is 17.4. The molecule has 0 aliphatic heterocycles. The maximum Gasteiger partial charge on any atom is 0.335 e. The lowest BCUT2D eigenvalue weighted by atomic mass is 9.93. The highest BCUT2D eigenvalue weighted by molar-refractivity contribution is 5.99. The van der Waals surface area contributed by atoms with Crippen molar-refractivity contribution in [2.75, 3.05) is 0 Å². The van der Waals surface area contributed by atoms with Crippen molar-refractivity contribution in [2.45, 2.75) is 38.0 Å². The second kappa shape index (κ2) is 4.80. The van der Waals surface area contributed by atoms with Gasteiger partial charge in [-0.1, -0.05) is 6.07 Å². The highest BCUT2D eigenvalue weighted by Crippen LogP contribution is 2.43. The van der Waals surface area contributed by atoms with Crippen LogP contribution in [-0.4, -0.2) is 26.6 Å². The highest BCUT2D eigenvalue weighted by atomic mass is 16.4. The fraction of sp³-hybridized carbons (Fsp3) is 0.353. The molecule has 2 aliphatic rings. The summed E-state index contributed by atoms with van der Waals surface area (Å²) in [7, 11) is 0. The van der Waals surface area contributed by atoms with E-state index >= 15 is 0 Å². The molecule has 22 heavy (non-hydrogen) atoms. The molecular formula is C17H16N2O3. The molecule has 2 aliphatic carbocycles. The molecule has 1 heterocycles. The first-order valence-electron chi connectivity index (χ1n) is 7.64. The summed E-state index contributed by atoms with van der Waals surface area (Å²) < 4.78 is 1.78. The smallest absolute Gasteiger partial charge is 0.335 e. The Balaban J connectivity index is 1.88. The second-order valence-electron chi connectivity index (χ2n) is 6.03. The van der Waals surface area contributed by atoms with Crippen LogP contribution in [0.3, 0.4) is 0 Å². The van der Waals surface area contributed by atoms with Gasteiger partial charge in [-0.3, -0.25) is 4.79 Å². The minimum absolute atomic E-state index is 0.184. The van der Waals surface area contributed by atoms with E-state index in [0.29, 0.717) is 12.3 Å². The van der Waals surface area contributed by atoms with Gasteiger partial charge in [-0.05, 0) is 43.9 Å². The predicted octanol–water partition coefficient (Wildman–Crippen LogP) is 2.97. The van der Waals surface area contributed by atoms with Crippen molar-refractivity contribution < 1.29 is 14.7 Å². The number of rotatable bonds is 3. The Bertz CT molecular complexity index is 787. The van der Waals surface area contributed by atoms with Crippen molar-refractivity contribution >= 4 is 11.8 Å². The lowest BCUT2D eigenvalue weighted by Gasteiger charge is -2.13. The molecule has 5 nitrogen and oxygen atoms in total. The summed E-state index contributed by atoms with van der Waals surface area (Å²) in [6, 6.07) is 6.74. The average molecular weight is 296 g/mol. The summed E-state index contributed by atoms with van der Waals surface area (Å²) in [5.74, 6) is -0.370. The quantitative estimate of drug-likeness (QED) is 0.945. The van der Waals surface area contributed by atoms with Gasteiger partial charge in [-0.25, -0.2) is 9.48 Å². The number of nitrogens with zero attached hydrogens (tertiary/aromatic N) is 2. The minimum atomic E-state index is -0.957. The first-order valence-corrected chi connectivity index (χ1v) is 7.64. The van der Waals surface area contributed by atoms with Gasteiger partial charge in [0.2, 0.25) is 0 Å². The first-order chi connectivity index (χ1) is 10.6. The van der Waals surface area contributed by atoms with Crippen LogP contribution in [-0.2, 0) is 6.42 Å². The second-order valence-corrected chi connectivity index (χ2v) is 6.03. The van der Waals surface area contributed by atoms with Gasteiger partial charge in [0.05, 0.1) is 28.2 Å². The molecule has 4 rings (SSSR count). The van der Waals surface area contributed by atoms with Crippen LogP contribution < -0.4 is 0 Å². The molecule has 0 unspecified atom stereocenters. The Labute approximate surface area is 127 Å². The molecule has 112 valence electrons. The number of carboxylic acids is 1. The maximum absolute atomic E-state index is 12.3. The standard InChI is InChI=1S/C17H16N2O3/c20-14-6-2-5-13-15(14)16(10-7-8-10)18-19(13)12-4-1-3-11(9-12)17(21)22/h1,3-4,9-10H,2,5-8H2,(H,21,22). The largest absolute Gasteiger partial charge is 0.478 e. The lowest BCUT2D eigenvalue weighted by molar-refractivity contribution is 0.0696.